The van der Waals surface area contributed by atoms with E-state index < -0.39 is 5.82 Å². The van der Waals surface area contributed by atoms with E-state index in [1.165, 1.54) is 18.2 Å². The Labute approximate surface area is 106 Å². The lowest BCUT2D eigenvalue weighted by atomic mass is 10.2. The summed E-state index contributed by atoms with van der Waals surface area (Å²) < 4.78 is 13.4. The molecule has 0 unspecified atom stereocenters. The molecule has 0 saturated carbocycles. The fourth-order valence-electron chi connectivity index (χ4n) is 1.04. The minimum absolute atomic E-state index is 0.267. The van der Waals surface area contributed by atoms with Crippen molar-refractivity contribution in [3.05, 3.63) is 34.1 Å². The number of carbonyl (C=O) groups excluding carboxylic acids is 1. The summed E-state index contributed by atoms with van der Waals surface area (Å²) in [5.74, 6) is -0.815. The van der Waals surface area contributed by atoms with E-state index in [0.717, 1.165) is 0 Å². The Morgan fingerprint density at radius 1 is 1.56 bits per heavy atom. The summed E-state index contributed by atoms with van der Waals surface area (Å²) in [5, 5.41) is 2.59. The van der Waals surface area contributed by atoms with E-state index in [1.54, 1.807) is 0 Å². The maximum Gasteiger partial charge on any atom is 0.251 e. The Bertz CT molecular complexity index is 425. The molecule has 0 radical (unpaired) electrons. The SMILES string of the molecule is NC(=S)CCNC(=O)c1ccc(Br)c(F)c1. The molecule has 0 aliphatic rings. The summed E-state index contributed by atoms with van der Waals surface area (Å²) in [6.45, 7) is 0.353. The van der Waals surface area contributed by atoms with Crippen LogP contribution in [0, 0.1) is 5.82 Å². The van der Waals surface area contributed by atoms with Crippen LogP contribution in [-0.4, -0.2) is 17.4 Å². The Kier molecular flexibility index (Phi) is 4.82. The van der Waals surface area contributed by atoms with E-state index in [9.17, 15) is 9.18 Å². The molecular formula is C10H10BrFN2OS. The zero-order chi connectivity index (χ0) is 12.1. The molecule has 16 heavy (non-hydrogen) atoms. The van der Waals surface area contributed by atoms with Gasteiger partial charge in [0, 0.05) is 18.5 Å². The van der Waals surface area contributed by atoms with Gasteiger partial charge in [-0.05, 0) is 34.1 Å². The van der Waals surface area contributed by atoms with Crippen LogP contribution in [0.4, 0.5) is 4.39 Å². The van der Waals surface area contributed by atoms with E-state index in [4.69, 9.17) is 5.73 Å². The van der Waals surface area contributed by atoms with Gasteiger partial charge in [-0.1, -0.05) is 12.2 Å². The van der Waals surface area contributed by atoms with E-state index in [-0.39, 0.29) is 11.5 Å². The standard InChI is InChI=1S/C10H10BrFN2OS/c11-7-2-1-6(5-8(7)12)10(15)14-4-3-9(13)16/h1-2,5H,3-4H2,(H2,13,16)(H,14,15). The number of nitrogens with one attached hydrogen (secondary N) is 1. The Hall–Kier alpha value is -1.01. The van der Waals surface area contributed by atoms with Gasteiger partial charge < -0.3 is 11.1 Å². The lowest BCUT2D eigenvalue weighted by Gasteiger charge is -2.05. The van der Waals surface area contributed by atoms with Gasteiger partial charge in [-0.15, -0.1) is 0 Å². The molecule has 0 aromatic heterocycles. The molecule has 0 bridgehead atoms. The minimum Gasteiger partial charge on any atom is -0.393 e. The first kappa shape index (κ1) is 13.1. The van der Waals surface area contributed by atoms with Gasteiger partial charge >= 0.3 is 0 Å². The van der Waals surface area contributed by atoms with Crippen molar-refractivity contribution in [3.8, 4) is 0 Å². The van der Waals surface area contributed by atoms with Crippen LogP contribution < -0.4 is 11.1 Å². The second-order valence-electron chi connectivity index (χ2n) is 3.10. The third-order valence-electron chi connectivity index (χ3n) is 1.84. The van der Waals surface area contributed by atoms with Crippen LogP contribution in [0.3, 0.4) is 0 Å². The van der Waals surface area contributed by atoms with Crippen molar-refractivity contribution in [2.45, 2.75) is 6.42 Å². The maximum atomic E-state index is 13.1. The van der Waals surface area contributed by atoms with Crippen LogP contribution in [0.5, 0.6) is 0 Å². The lowest BCUT2D eigenvalue weighted by Crippen LogP contribution is -2.27. The molecule has 6 heteroatoms. The van der Waals surface area contributed by atoms with Gasteiger partial charge in [-0.25, -0.2) is 4.39 Å². The highest BCUT2D eigenvalue weighted by atomic mass is 79.9. The minimum atomic E-state index is -0.470. The topological polar surface area (TPSA) is 55.1 Å². The van der Waals surface area contributed by atoms with Crippen LogP contribution in [-0.2, 0) is 0 Å². The number of hydrogen-bond acceptors (Lipinski definition) is 2. The molecule has 0 saturated heterocycles. The average molecular weight is 305 g/mol. The molecule has 1 aromatic rings. The second-order valence-corrected chi connectivity index (χ2v) is 4.48. The van der Waals surface area contributed by atoms with Crippen LogP contribution >= 0.6 is 28.1 Å². The Morgan fingerprint density at radius 2 is 2.25 bits per heavy atom. The number of rotatable bonds is 4. The first-order valence-corrected chi connectivity index (χ1v) is 5.72. The summed E-state index contributed by atoms with van der Waals surface area (Å²) in [6.07, 6.45) is 0.431. The molecule has 3 nitrogen and oxygen atoms in total. The van der Waals surface area contributed by atoms with Crippen LogP contribution in [0.15, 0.2) is 22.7 Å². The maximum absolute atomic E-state index is 13.1. The van der Waals surface area contributed by atoms with Crippen molar-refractivity contribution < 1.29 is 9.18 Å². The highest BCUT2D eigenvalue weighted by Crippen LogP contribution is 2.16. The highest BCUT2D eigenvalue weighted by Gasteiger charge is 2.07. The van der Waals surface area contributed by atoms with Gasteiger partial charge in [0.2, 0.25) is 0 Å². The van der Waals surface area contributed by atoms with E-state index in [1.807, 2.05) is 0 Å². The van der Waals surface area contributed by atoms with Crippen LogP contribution in [0.25, 0.3) is 0 Å². The largest absolute Gasteiger partial charge is 0.393 e. The number of halogens is 2. The van der Waals surface area contributed by atoms with Crippen molar-refractivity contribution in [2.75, 3.05) is 6.54 Å². The average Bonchev–Trinajstić information content (AvgIpc) is 2.21. The highest BCUT2D eigenvalue weighted by molar-refractivity contribution is 9.10. The summed E-state index contributed by atoms with van der Waals surface area (Å²) in [5.41, 5.74) is 5.54. The Morgan fingerprint density at radius 3 is 2.81 bits per heavy atom. The molecule has 0 atom stereocenters. The van der Waals surface area contributed by atoms with Gasteiger partial charge in [0.1, 0.15) is 5.82 Å². The van der Waals surface area contributed by atoms with Crippen LogP contribution in [0.1, 0.15) is 16.8 Å². The molecule has 1 aromatic carbocycles. The smallest absolute Gasteiger partial charge is 0.251 e. The Balaban J connectivity index is 2.59. The lowest BCUT2D eigenvalue weighted by molar-refractivity contribution is 0.0954. The number of hydrogen-bond donors (Lipinski definition) is 2. The predicted octanol–water partition coefficient (Wildman–Crippen LogP) is 1.99. The first-order valence-electron chi connectivity index (χ1n) is 4.52. The van der Waals surface area contributed by atoms with E-state index >= 15 is 0 Å². The summed E-state index contributed by atoms with van der Waals surface area (Å²) in [6, 6.07) is 4.18. The van der Waals surface area contributed by atoms with Crippen molar-refractivity contribution >= 4 is 39.0 Å². The molecule has 1 rings (SSSR count). The first-order chi connectivity index (χ1) is 7.50. The van der Waals surface area contributed by atoms with Gasteiger partial charge in [0.25, 0.3) is 5.91 Å². The molecule has 0 spiro atoms. The molecule has 0 aliphatic carbocycles. The number of amides is 1. The monoisotopic (exact) mass is 304 g/mol. The summed E-state index contributed by atoms with van der Waals surface area (Å²) in [4.78, 5) is 11.8. The van der Waals surface area contributed by atoms with Crippen LogP contribution in [0.2, 0.25) is 0 Å². The van der Waals surface area contributed by atoms with E-state index in [2.05, 4.69) is 33.5 Å². The van der Waals surface area contributed by atoms with Gasteiger partial charge in [0.15, 0.2) is 0 Å². The number of carbonyl (C=O) groups is 1. The second kappa shape index (κ2) is 5.91. The zero-order valence-corrected chi connectivity index (χ0v) is 10.7. The number of benzene rings is 1. The summed E-state index contributed by atoms with van der Waals surface area (Å²) >= 11 is 7.67. The third kappa shape index (κ3) is 3.86. The molecule has 0 fully saturated rings. The molecule has 3 N–H and O–H groups in total. The number of thiocarbonyl (C=S) groups is 1. The van der Waals surface area contributed by atoms with Gasteiger partial charge in [-0.2, -0.15) is 0 Å². The molecular weight excluding hydrogens is 295 g/mol. The van der Waals surface area contributed by atoms with Gasteiger partial charge in [0.05, 0.1) is 9.46 Å². The van der Waals surface area contributed by atoms with Gasteiger partial charge in [-0.3, -0.25) is 4.79 Å². The molecule has 0 heterocycles. The van der Waals surface area contributed by atoms with Crippen molar-refractivity contribution in [1.29, 1.82) is 0 Å². The quantitative estimate of drug-likeness (QED) is 0.837. The normalized spacial score (nSPS) is 9.88. The van der Waals surface area contributed by atoms with Crippen molar-refractivity contribution in [1.82, 2.24) is 5.32 Å². The summed E-state index contributed by atoms with van der Waals surface area (Å²) in [7, 11) is 0. The number of nitrogens with two attached hydrogens (primary N) is 1. The van der Waals surface area contributed by atoms with E-state index in [0.29, 0.717) is 22.4 Å². The fraction of sp³-hybridized carbons (Fsp3) is 0.200. The predicted molar refractivity (Wildman–Crippen MR) is 67.8 cm³/mol. The zero-order valence-electron chi connectivity index (χ0n) is 8.30. The third-order valence-corrected chi connectivity index (χ3v) is 2.69. The van der Waals surface area contributed by atoms with Crippen molar-refractivity contribution in [3.63, 3.8) is 0 Å². The molecule has 0 aliphatic heterocycles. The fourth-order valence-corrected chi connectivity index (χ4v) is 1.39. The molecule has 1 amide bonds. The molecule has 86 valence electrons. The van der Waals surface area contributed by atoms with Crippen molar-refractivity contribution in [2.24, 2.45) is 5.73 Å².